The summed E-state index contributed by atoms with van der Waals surface area (Å²) in [5, 5.41) is 8.03. The number of hydrogen-bond acceptors (Lipinski definition) is 5. The number of nitrogens with two attached hydrogens (primary N) is 1. The molecule has 3 N–H and O–H groups in total. The lowest BCUT2D eigenvalue weighted by Crippen LogP contribution is -2.35. The van der Waals surface area contributed by atoms with Gasteiger partial charge in [0.2, 0.25) is 10.0 Å². The molecule has 1 fully saturated rings. The Morgan fingerprint density at radius 2 is 2.14 bits per heavy atom. The smallest absolute Gasteiger partial charge is 0.251 e. The normalized spacial score (nSPS) is 18.5. The SMILES string of the molecule is CN(C)c1ccc(C(=O)NC2CCOC2)cc1S(N)(=O)=O. The first kappa shape index (κ1) is 15.7. The summed E-state index contributed by atoms with van der Waals surface area (Å²) in [6.45, 7) is 1.09. The maximum atomic E-state index is 12.1. The van der Waals surface area contributed by atoms with E-state index in [-0.39, 0.29) is 22.4 Å². The number of hydrogen-bond donors (Lipinski definition) is 2. The Balaban J connectivity index is 2.30. The van der Waals surface area contributed by atoms with E-state index in [9.17, 15) is 13.2 Å². The monoisotopic (exact) mass is 313 g/mol. The second-order valence-corrected chi connectivity index (χ2v) is 6.69. The lowest BCUT2D eigenvalue weighted by Gasteiger charge is -2.17. The fourth-order valence-electron chi connectivity index (χ4n) is 2.17. The van der Waals surface area contributed by atoms with E-state index in [1.165, 1.54) is 6.07 Å². The molecule has 1 aliphatic heterocycles. The molecule has 2 rings (SSSR count). The highest BCUT2D eigenvalue weighted by atomic mass is 32.2. The predicted molar refractivity (Wildman–Crippen MR) is 78.8 cm³/mol. The summed E-state index contributed by atoms with van der Waals surface area (Å²) in [5.74, 6) is -0.333. The molecule has 0 aromatic heterocycles. The summed E-state index contributed by atoms with van der Waals surface area (Å²) in [4.78, 5) is 13.7. The van der Waals surface area contributed by atoms with Crippen molar-refractivity contribution in [1.29, 1.82) is 0 Å². The van der Waals surface area contributed by atoms with Crippen molar-refractivity contribution >= 4 is 21.6 Å². The van der Waals surface area contributed by atoms with Crippen molar-refractivity contribution < 1.29 is 17.9 Å². The standard InChI is InChI=1S/C13H19N3O4S/c1-16(2)11-4-3-9(7-12(11)21(14,18)19)13(17)15-10-5-6-20-8-10/h3-4,7,10H,5-6,8H2,1-2H3,(H,15,17)(H2,14,18,19). The van der Waals surface area contributed by atoms with E-state index in [0.29, 0.717) is 18.9 Å². The van der Waals surface area contributed by atoms with Crippen LogP contribution in [0.25, 0.3) is 0 Å². The Hall–Kier alpha value is -1.64. The van der Waals surface area contributed by atoms with Crippen LogP contribution in [0.4, 0.5) is 5.69 Å². The molecule has 1 heterocycles. The minimum Gasteiger partial charge on any atom is -0.379 e. The van der Waals surface area contributed by atoms with Crippen LogP contribution in [0.2, 0.25) is 0 Å². The summed E-state index contributed by atoms with van der Waals surface area (Å²) in [7, 11) is -0.492. The number of primary sulfonamides is 1. The number of carbonyl (C=O) groups is 1. The predicted octanol–water partition coefficient (Wildman–Crippen LogP) is -0.0813. The lowest BCUT2D eigenvalue weighted by atomic mass is 10.1. The van der Waals surface area contributed by atoms with Crippen molar-refractivity contribution in [3.63, 3.8) is 0 Å². The third kappa shape index (κ3) is 3.72. The fourth-order valence-corrected chi connectivity index (χ4v) is 3.00. The average Bonchev–Trinajstić information content (AvgIpc) is 2.89. The van der Waals surface area contributed by atoms with E-state index in [4.69, 9.17) is 9.88 Å². The highest BCUT2D eigenvalue weighted by Gasteiger charge is 2.21. The van der Waals surface area contributed by atoms with Gasteiger partial charge in [-0.2, -0.15) is 0 Å². The molecule has 8 heteroatoms. The molecule has 0 spiro atoms. The van der Waals surface area contributed by atoms with E-state index < -0.39 is 10.0 Å². The molecule has 116 valence electrons. The highest BCUT2D eigenvalue weighted by molar-refractivity contribution is 7.89. The molecule has 1 atom stereocenters. The van der Waals surface area contributed by atoms with Crippen molar-refractivity contribution in [3.8, 4) is 0 Å². The van der Waals surface area contributed by atoms with E-state index in [1.54, 1.807) is 31.1 Å². The molecule has 0 radical (unpaired) electrons. The van der Waals surface area contributed by atoms with Crippen molar-refractivity contribution in [3.05, 3.63) is 23.8 Å². The summed E-state index contributed by atoms with van der Waals surface area (Å²) in [6.07, 6.45) is 0.754. The summed E-state index contributed by atoms with van der Waals surface area (Å²) in [6, 6.07) is 4.41. The molecule has 21 heavy (non-hydrogen) atoms. The zero-order chi connectivity index (χ0) is 15.6. The van der Waals surface area contributed by atoms with Crippen LogP contribution in [0.5, 0.6) is 0 Å². The molecule has 0 aliphatic carbocycles. The largest absolute Gasteiger partial charge is 0.379 e. The van der Waals surface area contributed by atoms with Gasteiger partial charge in [0.25, 0.3) is 5.91 Å². The van der Waals surface area contributed by atoms with Crippen molar-refractivity contribution in [2.75, 3.05) is 32.2 Å². The number of ether oxygens (including phenoxy) is 1. The van der Waals surface area contributed by atoms with Crippen LogP contribution in [0.15, 0.2) is 23.1 Å². The van der Waals surface area contributed by atoms with Crippen LogP contribution in [0, 0.1) is 0 Å². The average molecular weight is 313 g/mol. The fraction of sp³-hybridized carbons (Fsp3) is 0.462. The maximum Gasteiger partial charge on any atom is 0.251 e. The maximum absolute atomic E-state index is 12.1. The van der Waals surface area contributed by atoms with Crippen LogP contribution in [0.3, 0.4) is 0 Å². The minimum absolute atomic E-state index is 0.0380. The number of nitrogens with one attached hydrogen (secondary N) is 1. The number of benzene rings is 1. The van der Waals surface area contributed by atoms with Crippen LogP contribution in [-0.2, 0) is 14.8 Å². The van der Waals surface area contributed by atoms with Gasteiger partial charge in [-0.05, 0) is 24.6 Å². The van der Waals surface area contributed by atoms with Gasteiger partial charge in [0.1, 0.15) is 4.90 Å². The van der Waals surface area contributed by atoms with Gasteiger partial charge < -0.3 is 15.0 Å². The number of rotatable bonds is 4. The van der Waals surface area contributed by atoms with Gasteiger partial charge in [0, 0.05) is 26.3 Å². The molecule has 1 aromatic carbocycles. The molecule has 7 nitrogen and oxygen atoms in total. The Labute approximate surface area is 124 Å². The number of sulfonamides is 1. The Bertz CT molecular complexity index is 637. The van der Waals surface area contributed by atoms with Gasteiger partial charge >= 0.3 is 0 Å². The van der Waals surface area contributed by atoms with Crippen molar-refractivity contribution in [2.24, 2.45) is 5.14 Å². The van der Waals surface area contributed by atoms with Crippen LogP contribution in [-0.4, -0.2) is 47.7 Å². The van der Waals surface area contributed by atoms with Crippen molar-refractivity contribution in [2.45, 2.75) is 17.4 Å². The second-order valence-electron chi connectivity index (χ2n) is 5.16. The molecular weight excluding hydrogens is 294 g/mol. The Kier molecular flexibility index (Phi) is 4.50. The lowest BCUT2D eigenvalue weighted by molar-refractivity contribution is 0.0929. The number of carbonyl (C=O) groups excluding carboxylic acids is 1. The van der Waals surface area contributed by atoms with Crippen molar-refractivity contribution in [1.82, 2.24) is 5.32 Å². The van der Waals surface area contributed by atoms with E-state index in [2.05, 4.69) is 5.32 Å². The minimum atomic E-state index is -3.91. The first-order chi connectivity index (χ1) is 9.79. The first-order valence-electron chi connectivity index (χ1n) is 6.52. The van der Waals surface area contributed by atoms with Gasteiger partial charge in [-0.3, -0.25) is 4.79 Å². The van der Waals surface area contributed by atoms with E-state index in [1.807, 2.05) is 0 Å². The molecule has 1 amide bonds. The molecular formula is C13H19N3O4S. The molecule has 0 bridgehead atoms. The first-order valence-corrected chi connectivity index (χ1v) is 8.06. The van der Waals surface area contributed by atoms with E-state index >= 15 is 0 Å². The van der Waals surface area contributed by atoms with E-state index in [0.717, 1.165) is 6.42 Å². The quantitative estimate of drug-likeness (QED) is 0.809. The zero-order valence-corrected chi connectivity index (χ0v) is 12.8. The van der Waals surface area contributed by atoms with Gasteiger partial charge in [-0.1, -0.05) is 0 Å². The summed E-state index contributed by atoms with van der Waals surface area (Å²) in [5.41, 5.74) is 0.703. The third-order valence-corrected chi connectivity index (χ3v) is 4.22. The molecule has 0 saturated carbocycles. The summed E-state index contributed by atoms with van der Waals surface area (Å²) < 4.78 is 28.5. The Morgan fingerprint density at radius 1 is 1.43 bits per heavy atom. The topological polar surface area (TPSA) is 102 Å². The number of nitrogens with zero attached hydrogens (tertiary/aromatic N) is 1. The van der Waals surface area contributed by atoms with Gasteiger partial charge in [-0.25, -0.2) is 13.6 Å². The van der Waals surface area contributed by atoms with Gasteiger partial charge in [0.05, 0.1) is 18.3 Å². The second kappa shape index (κ2) is 6.00. The highest BCUT2D eigenvalue weighted by Crippen LogP contribution is 2.24. The van der Waals surface area contributed by atoms with Gasteiger partial charge in [-0.15, -0.1) is 0 Å². The molecule has 1 aromatic rings. The molecule has 1 saturated heterocycles. The Morgan fingerprint density at radius 3 is 2.67 bits per heavy atom. The van der Waals surface area contributed by atoms with Crippen LogP contribution in [0.1, 0.15) is 16.8 Å². The molecule has 1 aliphatic rings. The number of amides is 1. The third-order valence-electron chi connectivity index (χ3n) is 3.28. The molecule has 1 unspecified atom stereocenters. The van der Waals surface area contributed by atoms with Gasteiger partial charge in [0.15, 0.2) is 0 Å². The zero-order valence-electron chi connectivity index (χ0n) is 12.0. The van der Waals surface area contributed by atoms with Crippen LogP contribution >= 0.6 is 0 Å². The van der Waals surface area contributed by atoms with Crippen LogP contribution < -0.4 is 15.4 Å². The summed E-state index contributed by atoms with van der Waals surface area (Å²) >= 11 is 0. The number of anilines is 1.